The van der Waals surface area contributed by atoms with Crippen LogP contribution in [0.3, 0.4) is 0 Å². The summed E-state index contributed by atoms with van der Waals surface area (Å²) in [4.78, 5) is 22.3. The van der Waals surface area contributed by atoms with Gasteiger partial charge < -0.3 is 0 Å². The molecule has 1 aromatic carbocycles. The third-order valence-electron chi connectivity index (χ3n) is 3.63. The van der Waals surface area contributed by atoms with Gasteiger partial charge in [-0.2, -0.15) is 5.26 Å². The standard InChI is InChI=1S/C14H14N2O3/c15-10-14(7-2-1-6-13(14)17)9-11-4-3-5-12(8-11)16(18)19/h3-5,8H,1-2,6-7,9H2. The predicted octanol–water partition coefficient (Wildman–Crippen LogP) is 2.79. The highest BCUT2D eigenvalue weighted by molar-refractivity contribution is 5.88. The number of nitriles is 1. The van der Waals surface area contributed by atoms with Gasteiger partial charge in [-0.3, -0.25) is 14.9 Å². The van der Waals surface area contributed by atoms with Crippen molar-refractivity contribution in [2.75, 3.05) is 0 Å². The Morgan fingerprint density at radius 3 is 2.84 bits per heavy atom. The lowest BCUT2D eigenvalue weighted by atomic mass is 9.70. The molecule has 0 heterocycles. The smallest absolute Gasteiger partial charge is 0.269 e. The molecule has 1 atom stereocenters. The van der Waals surface area contributed by atoms with E-state index in [9.17, 15) is 20.2 Å². The van der Waals surface area contributed by atoms with E-state index in [-0.39, 0.29) is 17.9 Å². The van der Waals surface area contributed by atoms with Gasteiger partial charge in [-0.15, -0.1) is 0 Å². The first kappa shape index (κ1) is 13.2. The molecule has 0 bridgehead atoms. The van der Waals surface area contributed by atoms with Crippen LogP contribution in [0.25, 0.3) is 0 Å². The molecule has 0 radical (unpaired) electrons. The summed E-state index contributed by atoms with van der Waals surface area (Å²) in [5, 5.41) is 20.1. The SMILES string of the molecule is N#CC1(Cc2cccc([N+](=O)[O-])c2)CCCCC1=O. The Bertz CT molecular complexity index is 562. The van der Waals surface area contributed by atoms with E-state index in [1.54, 1.807) is 12.1 Å². The second-order valence-electron chi connectivity index (χ2n) is 4.93. The topological polar surface area (TPSA) is 84.0 Å². The number of ketones is 1. The lowest BCUT2D eigenvalue weighted by Gasteiger charge is -2.29. The maximum Gasteiger partial charge on any atom is 0.269 e. The average Bonchev–Trinajstić information content (AvgIpc) is 2.42. The van der Waals surface area contributed by atoms with Crippen LogP contribution in [0, 0.1) is 26.9 Å². The van der Waals surface area contributed by atoms with Crippen LogP contribution in [-0.2, 0) is 11.2 Å². The summed E-state index contributed by atoms with van der Waals surface area (Å²) in [5.41, 5.74) is -0.326. The molecule has 98 valence electrons. The van der Waals surface area contributed by atoms with Gasteiger partial charge in [-0.1, -0.05) is 18.6 Å². The van der Waals surface area contributed by atoms with Gasteiger partial charge in [-0.25, -0.2) is 0 Å². The van der Waals surface area contributed by atoms with Gasteiger partial charge >= 0.3 is 0 Å². The third-order valence-corrected chi connectivity index (χ3v) is 3.63. The monoisotopic (exact) mass is 258 g/mol. The summed E-state index contributed by atoms with van der Waals surface area (Å²) in [6.45, 7) is 0. The molecule has 1 aliphatic rings. The molecule has 5 nitrogen and oxygen atoms in total. The number of nitro groups is 1. The molecule has 0 saturated heterocycles. The zero-order chi connectivity index (χ0) is 13.9. The highest BCUT2D eigenvalue weighted by atomic mass is 16.6. The zero-order valence-electron chi connectivity index (χ0n) is 10.5. The molecule has 1 aliphatic carbocycles. The number of hydrogen-bond acceptors (Lipinski definition) is 4. The van der Waals surface area contributed by atoms with E-state index >= 15 is 0 Å². The van der Waals surface area contributed by atoms with Gasteiger partial charge in [0.1, 0.15) is 5.41 Å². The summed E-state index contributed by atoms with van der Waals surface area (Å²) in [6.07, 6.45) is 2.93. The van der Waals surface area contributed by atoms with Crippen LogP contribution in [0.4, 0.5) is 5.69 Å². The Morgan fingerprint density at radius 1 is 1.42 bits per heavy atom. The molecule has 2 rings (SSSR count). The molecule has 1 aromatic rings. The van der Waals surface area contributed by atoms with Crippen molar-refractivity contribution in [3.8, 4) is 6.07 Å². The predicted molar refractivity (Wildman–Crippen MR) is 68.3 cm³/mol. The number of carbonyl (C=O) groups is 1. The van der Waals surface area contributed by atoms with Crippen LogP contribution in [0.5, 0.6) is 0 Å². The van der Waals surface area contributed by atoms with Gasteiger partial charge in [-0.05, 0) is 24.8 Å². The molecule has 0 N–H and O–H groups in total. The van der Waals surface area contributed by atoms with E-state index in [4.69, 9.17) is 0 Å². The van der Waals surface area contributed by atoms with Gasteiger partial charge in [0.25, 0.3) is 5.69 Å². The number of benzene rings is 1. The summed E-state index contributed by atoms with van der Waals surface area (Å²) in [6, 6.07) is 8.32. The first-order valence-corrected chi connectivity index (χ1v) is 6.25. The van der Waals surface area contributed by atoms with Crippen molar-refractivity contribution in [2.45, 2.75) is 32.1 Å². The Balaban J connectivity index is 2.28. The largest absolute Gasteiger partial charge is 0.298 e. The Morgan fingerprint density at radius 2 is 2.21 bits per heavy atom. The second-order valence-corrected chi connectivity index (χ2v) is 4.93. The van der Waals surface area contributed by atoms with Crippen molar-refractivity contribution in [1.82, 2.24) is 0 Å². The number of nitro benzene ring substituents is 1. The number of rotatable bonds is 3. The summed E-state index contributed by atoms with van der Waals surface area (Å²) >= 11 is 0. The quantitative estimate of drug-likeness (QED) is 0.616. The highest BCUT2D eigenvalue weighted by Crippen LogP contribution is 2.36. The number of carbonyl (C=O) groups excluding carboxylic acids is 1. The minimum Gasteiger partial charge on any atom is -0.298 e. The molecule has 0 spiro atoms. The molecule has 0 aromatic heterocycles. The van der Waals surface area contributed by atoms with E-state index in [2.05, 4.69) is 6.07 Å². The van der Waals surface area contributed by atoms with Crippen molar-refractivity contribution in [2.24, 2.45) is 5.41 Å². The molecular weight excluding hydrogens is 244 g/mol. The van der Waals surface area contributed by atoms with E-state index in [1.807, 2.05) is 0 Å². The van der Waals surface area contributed by atoms with Crippen molar-refractivity contribution in [1.29, 1.82) is 5.26 Å². The molecule has 0 aliphatic heterocycles. The molecule has 1 saturated carbocycles. The number of hydrogen-bond donors (Lipinski definition) is 0. The van der Waals surface area contributed by atoms with Gasteiger partial charge in [0, 0.05) is 18.6 Å². The van der Waals surface area contributed by atoms with Crippen LogP contribution in [0.1, 0.15) is 31.2 Å². The van der Waals surface area contributed by atoms with Crippen LogP contribution in [0.2, 0.25) is 0 Å². The number of nitrogens with zero attached hydrogens (tertiary/aromatic N) is 2. The van der Waals surface area contributed by atoms with Gasteiger partial charge in [0.15, 0.2) is 5.78 Å². The molecule has 1 unspecified atom stereocenters. The van der Waals surface area contributed by atoms with Crippen LogP contribution in [0.15, 0.2) is 24.3 Å². The fourth-order valence-electron chi connectivity index (χ4n) is 2.56. The first-order chi connectivity index (χ1) is 9.07. The Hall–Kier alpha value is -2.22. The van der Waals surface area contributed by atoms with Gasteiger partial charge in [0.05, 0.1) is 11.0 Å². The first-order valence-electron chi connectivity index (χ1n) is 6.25. The van der Waals surface area contributed by atoms with E-state index in [0.29, 0.717) is 18.4 Å². The summed E-state index contributed by atoms with van der Waals surface area (Å²) in [5.74, 6) is -0.0345. The molecular formula is C14H14N2O3. The molecule has 5 heteroatoms. The maximum absolute atomic E-state index is 12.0. The maximum atomic E-state index is 12.0. The number of non-ortho nitro benzene ring substituents is 1. The minimum absolute atomic E-state index is 0.00570. The Labute approximate surface area is 111 Å². The van der Waals surface area contributed by atoms with E-state index in [1.165, 1.54) is 12.1 Å². The molecule has 19 heavy (non-hydrogen) atoms. The third kappa shape index (κ3) is 2.63. The highest BCUT2D eigenvalue weighted by Gasteiger charge is 2.40. The Kier molecular flexibility index (Phi) is 3.61. The van der Waals surface area contributed by atoms with Crippen molar-refractivity contribution < 1.29 is 9.72 Å². The van der Waals surface area contributed by atoms with E-state index in [0.717, 1.165) is 12.8 Å². The average molecular weight is 258 g/mol. The van der Waals surface area contributed by atoms with Crippen LogP contribution >= 0.6 is 0 Å². The fourth-order valence-corrected chi connectivity index (χ4v) is 2.56. The van der Waals surface area contributed by atoms with Crippen molar-refractivity contribution in [3.05, 3.63) is 39.9 Å². The van der Waals surface area contributed by atoms with Crippen molar-refractivity contribution in [3.63, 3.8) is 0 Å². The normalized spacial score (nSPS) is 22.8. The fraction of sp³-hybridized carbons (Fsp3) is 0.429. The van der Waals surface area contributed by atoms with Crippen molar-refractivity contribution >= 4 is 11.5 Å². The second kappa shape index (κ2) is 5.19. The lowest BCUT2D eigenvalue weighted by Crippen LogP contribution is -2.34. The lowest BCUT2D eigenvalue weighted by molar-refractivity contribution is -0.384. The molecule has 1 fully saturated rings. The zero-order valence-corrected chi connectivity index (χ0v) is 10.5. The number of Topliss-reactive ketones (excluding diaryl/α,β-unsaturated/α-hetero) is 1. The van der Waals surface area contributed by atoms with Crippen LogP contribution < -0.4 is 0 Å². The summed E-state index contributed by atoms with van der Waals surface area (Å²) in [7, 11) is 0. The van der Waals surface area contributed by atoms with E-state index < -0.39 is 10.3 Å². The summed E-state index contributed by atoms with van der Waals surface area (Å²) < 4.78 is 0. The van der Waals surface area contributed by atoms with Gasteiger partial charge in [0.2, 0.25) is 0 Å². The minimum atomic E-state index is -0.993. The van der Waals surface area contributed by atoms with Crippen LogP contribution in [-0.4, -0.2) is 10.7 Å². The molecule has 0 amide bonds.